The lowest BCUT2D eigenvalue weighted by Gasteiger charge is -2.10. The largest absolute Gasteiger partial charge is 0.423 e. The maximum absolute atomic E-state index is 12.4. The summed E-state index contributed by atoms with van der Waals surface area (Å²) in [7, 11) is 0. The predicted molar refractivity (Wildman–Crippen MR) is 114 cm³/mol. The number of nitrogens with two attached hydrogens (primary N) is 2. The van der Waals surface area contributed by atoms with Crippen LogP contribution in [0.5, 0.6) is 5.75 Å². The van der Waals surface area contributed by atoms with Crippen LogP contribution < -0.4 is 21.5 Å². The van der Waals surface area contributed by atoms with E-state index in [1.54, 1.807) is 48.5 Å². The third-order valence-corrected chi connectivity index (χ3v) is 4.18. The first-order valence-electron chi connectivity index (χ1n) is 9.16. The molecule has 3 aromatic rings. The highest BCUT2D eigenvalue weighted by molar-refractivity contribution is 5.94. The standard InChI is InChI=1S/C22H23N5O2/c1-14(2)15(12-23)11-20(24)27-21-9-8-18-19(26-21)10-16(13-25-18)22(28)29-17-6-4-3-5-7-17/h3-14H,23-24H2,1-2H3,(H,26,27)/b15-12+,20-11+. The van der Waals surface area contributed by atoms with E-state index in [4.69, 9.17) is 16.2 Å². The van der Waals surface area contributed by atoms with Crippen LogP contribution in [0.25, 0.3) is 11.0 Å². The minimum absolute atomic E-state index is 0.243. The molecule has 7 nitrogen and oxygen atoms in total. The molecule has 0 bridgehead atoms. The van der Waals surface area contributed by atoms with Crippen LogP contribution in [0.1, 0.15) is 24.2 Å². The van der Waals surface area contributed by atoms with Crippen LogP contribution in [0.3, 0.4) is 0 Å². The second-order valence-corrected chi connectivity index (χ2v) is 6.71. The van der Waals surface area contributed by atoms with Gasteiger partial charge in [0.15, 0.2) is 0 Å². The number of hydrogen-bond donors (Lipinski definition) is 3. The molecule has 7 heteroatoms. The zero-order chi connectivity index (χ0) is 20.8. The van der Waals surface area contributed by atoms with Gasteiger partial charge in [-0.3, -0.25) is 4.98 Å². The van der Waals surface area contributed by atoms with Gasteiger partial charge in [0.25, 0.3) is 0 Å². The second kappa shape index (κ2) is 8.88. The lowest BCUT2D eigenvalue weighted by molar-refractivity contribution is 0.0734. The molecule has 0 aliphatic heterocycles. The van der Waals surface area contributed by atoms with Gasteiger partial charge in [-0.15, -0.1) is 0 Å². The number of fused-ring (bicyclic) bond motifs is 1. The van der Waals surface area contributed by atoms with Crippen molar-refractivity contribution in [3.8, 4) is 5.75 Å². The van der Waals surface area contributed by atoms with E-state index >= 15 is 0 Å². The van der Waals surface area contributed by atoms with Gasteiger partial charge < -0.3 is 21.5 Å². The van der Waals surface area contributed by atoms with Gasteiger partial charge in [0.05, 0.1) is 16.6 Å². The molecule has 0 aliphatic carbocycles. The second-order valence-electron chi connectivity index (χ2n) is 6.71. The van der Waals surface area contributed by atoms with Crippen molar-refractivity contribution in [3.05, 3.63) is 84.0 Å². The number of nitrogens with one attached hydrogen (secondary N) is 1. The normalized spacial score (nSPS) is 12.2. The van der Waals surface area contributed by atoms with Gasteiger partial charge in [0.1, 0.15) is 17.4 Å². The molecular weight excluding hydrogens is 366 g/mol. The van der Waals surface area contributed by atoms with Crippen molar-refractivity contribution >= 4 is 22.8 Å². The zero-order valence-corrected chi connectivity index (χ0v) is 16.3. The molecule has 0 aliphatic rings. The van der Waals surface area contributed by atoms with Crippen LogP contribution >= 0.6 is 0 Å². The van der Waals surface area contributed by atoms with E-state index in [0.717, 1.165) is 5.57 Å². The van der Waals surface area contributed by atoms with E-state index in [2.05, 4.69) is 15.3 Å². The van der Waals surface area contributed by atoms with Crippen LogP contribution in [-0.2, 0) is 0 Å². The number of benzene rings is 1. The zero-order valence-electron chi connectivity index (χ0n) is 16.3. The van der Waals surface area contributed by atoms with Gasteiger partial charge in [0, 0.05) is 6.20 Å². The monoisotopic (exact) mass is 389 g/mol. The average molecular weight is 389 g/mol. The number of allylic oxidation sites excluding steroid dienone is 2. The quantitative estimate of drug-likeness (QED) is 0.335. The highest BCUT2D eigenvalue weighted by Crippen LogP contribution is 2.18. The fourth-order valence-electron chi connectivity index (χ4n) is 2.61. The van der Waals surface area contributed by atoms with Crippen molar-refractivity contribution in [2.75, 3.05) is 5.32 Å². The summed E-state index contributed by atoms with van der Waals surface area (Å²) >= 11 is 0. The van der Waals surface area contributed by atoms with E-state index in [1.807, 2.05) is 19.9 Å². The summed E-state index contributed by atoms with van der Waals surface area (Å²) in [5.41, 5.74) is 14.1. The van der Waals surface area contributed by atoms with E-state index in [0.29, 0.717) is 34.0 Å². The molecule has 0 spiro atoms. The summed E-state index contributed by atoms with van der Waals surface area (Å²) in [5, 5.41) is 3.03. The topological polar surface area (TPSA) is 116 Å². The molecule has 148 valence electrons. The number of carbonyl (C=O) groups is 1. The van der Waals surface area contributed by atoms with Crippen molar-refractivity contribution in [1.82, 2.24) is 9.97 Å². The lowest BCUT2D eigenvalue weighted by atomic mass is 10.0. The molecule has 0 amide bonds. The molecule has 0 radical (unpaired) electrons. The molecule has 5 N–H and O–H groups in total. The molecule has 0 atom stereocenters. The van der Waals surface area contributed by atoms with Crippen LogP contribution in [0.4, 0.5) is 5.82 Å². The molecule has 1 aromatic carbocycles. The smallest absolute Gasteiger partial charge is 0.345 e. The molecule has 0 fully saturated rings. The predicted octanol–water partition coefficient (Wildman–Crippen LogP) is 3.56. The first-order chi connectivity index (χ1) is 14.0. The maximum atomic E-state index is 12.4. The Morgan fingerprint density at radius 3 is 2.59 bits per heavy atom. The van der Waals surface area contributed by atoms with Gasteiger partial charge in [0.2, 0.25) is 0 Å². The van der Waals surface area contributed by atoms with Crippen LogP contribution in [-0.4, -0.2) is 15.9 Å². The summed E-state index contributed by atoms with van der Waals surface area (Å²) < 4.78 is 5.35. The van der Waals surface area contributed by atoms with Crippen molar-refractivity contribution in [2.24, 2.45) is 17.4 Å². The summed E-state index contributed by atoms with van der Waals surface area (Å²) in [5.74, 6) is 1.15. The summed E-state index contributed by atoms with van der Waals surface area (Å²) in [4.78, 5) is 21.2. The molecule has 3 rings (SSSR count). The van der Waals surface area contributed by atoms with Crippen LogP contribution in [0.2, 0.25) is 0 Å². The number of carbonyl (C=O) groups excluding carboxylic acids is 1. The number of aromatic nitrogens is 2. The molecule has 2 aromatic heterocycles. The van der Waals surface area contributed by atoms with Crippen molar-refractivity contribution < 1.29 is 9.53 Å². The van der Waals surface area contributed by atoms with Crippen molar-refractivity contribution in [3.63, 3.8) is 0 Å². The third-order valence-electron chi connectivity index (χ3n) is 4.18. The summed E-state index contributed by atoms with van der Waals surface area (Å²) in [6.45, 7) is 4.05. The molecule has 0 unspecified atom stereocenters. The van der Waals surface area contributed by atoms with Crippen LogP contribution in [0, 0.1) is 5.92 Å². The Hall–Kier alpha value is -3.87. The van der Waals surface area contributed by atoms with E-state index in [9.17, 15) is 4.79 Å². The van der Waals surface area contributed by atoms with Gasteiger partial charge >= 0.3 is 5.97 Å². The number of anilines is 1. The number of pyridine rings is 2. The molecule has 29 heavy (non-hydrogen) atoms. The molecule has 2 heterocycles. The Bertz CT molecular complexity index is 1080. The Kier molecular flexibility index (Phi) is 6.09. The van der Waals surface area contributed by atoms with Gasteiger partial charge in [-0.1, -0.05) is 32.0 Å². The van der Waals surface area contributed by atoms with Gasteiger partial charge in [-0.2, -0.15) is 0 Å². The van der Waals surface area contributed by atoms with Crippen LogP contribution in [0.15, 0.2) is 78.4 Å². The van der Waals surface area contributed by atoms with Crippen molar-refractivity contribution in [1.29, 1.82) is 0 Å². The van der Waals surface area contributed by atoms with Gasteiger partial charge in [-0.05, 0) is 54.1 Å². The number of para-hydroxylation sites is 1. The summed E-state index contributed by atoms with van der Waals surface area (Å²) in [6, 6.07) is 14.1. The van der Waals surface area contributed by atoms with E-state index in [-0.39, 0.29) is 5.92 Å². The average Bonchev–Trinajstić information content (AvgIpc) is 2.72. The number of esters is 1. The fraction of sp³-hybridized carbons (Fsp3) is 0.136. The Morgan fingerprint density at radius 1 is 1.14 bits per heavy atom. The fourth-order valence-corrected chi connectivity index (χ4v) is 2.61. The summed E-state index contributed by atoms with van der Waals surface area (Å²) in [6.07, 6.45) is 4.77. The highest BCUT2D eigenvalue weighted by atomic mass is 16.5. The van der Waals surface area contributed by atoms with Crippen molar-refractivity contribution in [2.45, 2.75) is 13.8 Å². The third kappa shape index (κ3) is 5.10. The minimum Gasteiger partial charge on any atom is -0.423 e. The first-order valence-corrected chi connectivity index (χ1v) is 9.16. The SMILES string of the molecule is CC(C)C(=C/N)/C=C(\N)Nc1ccc2ncc(C(=O)Oc3ccccc3)cc2n1. The number of nitrogens with zero attached hydrogens (tertiary/aromatic N) is 2. The number of ether oxygens (including phenoxy) is 1. The number of rotatable bonds is 6. The Labute approximate surface area is 169 Å². The maximum Gasteiger partial charge on any atom is 0.345 e. The molecule has 0 saturated carbocycles. The lowest BCUT2D eigenvalue weighted by Crippen LogP contribution is -2.12. The van der Waals surface area contributed by atoms with E-state index < -0.39 is 5.97 Å². The minimum atomic E-state index is -0.500. The first kappa shape index (κ1) is 19.9. The number of hydrogen-bond acceptors (Lipinski definition) is 7. The van der Waals surface area contributed by atoms with Gasteiger partial charge in [-0.25, -0.2) is 9.78 Å². The highest BCUT2D eigenvalue weighted by Gasteiger charge is 2.11. The molecular formula is C22H23N5O2. The Morgan fingerprint density at radius 2 is 1.90 bits per heavy atom. The molecule has 0 saturated heterocycles. The van der Waals surface area contributed by atoms with E-state index in [1.165, 1.54) is 12.4 Å². The Balaban J connectivity index is 1.82.